The highest BCUT2D eigenvalue weighted by Gasteiger charge is 2.34. The number of anilines is 1. The molecule has 23 heavy (non-hydrogen) atoms. The SMILES string of the molecule is CCOc1ccnc(N2CCCN([C@H]3CCN(C)C3=O)CC2)n1. The van der Waals surface area contributed by atoms with Crippen LogP contribution in [0, 0.1) is 0 Å². The Hall–Kier alpha value is -1.89. The van der Waals surface area contributed by atoms with Crippen LogP contribution in [-0.2, 0) is 4.79 Å². The van der Waals surface area contributed by atoms with Crippen molar-refractivity contribution in [3.63, 3.8) is 0 Å². The van der Waals surface area contributed by atoms with Gasteiger partial charge in [-0.25, -0.2) is 4.98 Å². The lowest BCUT2D eigenvalue weighted by Crippen LogP contribution is -2.43. The van der Waals surface area contributed by atoms with Gasteiger partial charge in [0.1, 0.15) is 0 Å². The van der Waals surface area contributed by atoms with Crippen LogP contribution in [0.3, 0.4) is 0 Å². The van der Waals surface area contributed by atoms with E-state index in [4.69, 9.17) is 4.74 Å². The fourth-order valence-electron chi connectivity index (χ4n) is 3.30. The van der Waals surface area contributed by atoms with Gasteiger partial charge in [0, 0.05) is 52.0 Å². The summed E-state index contributed by atoms with van der Waals surface area (Å²) in [6, 6.07) is 1.83. The largest absolute Gasteiger partial charge is 0.478 e. The first-order valence-corrected chi connectivity index (χ1v) is 8.39. The maximum atomic E-state index is 12.2. The molecular formula is C16H25N5O2. The lowest BCUT2D eigenvalue weighted by atomic mass is 10.2. The zero-order valence-corrected chi connectivity index (χ0v) is 13.9. The summed E-state index contributed by atoms with van der Waals surface area (Å²) in [6.07, 6.45) is 3.69. The molecule has 2 fully saturated rings. The molecule has 2 aliphatic heterocycles. The molecule has 1 atom stereocenters. The van der Waals surface area contributed by atoms with Gasteiger partial charge in [-0.05, 0) is 19.8 Å². The second kappa shape index (κ2) is 7.12. The number of hydrogen-bond acceptors (Lipinski definition) is 6. The third-order valence-corrected chi connectivity index (χ3v) is 4.56. The number of ether oxygens (including phenoxy) is 1. The predicted molar refractivity (Wildman–Crippen MR) is 87.6 cm³/mol. The van der Waals surface area contributed by atoms with Crippen LogP contribution >= 0.6 is 0 Å². The van der Waals surface area contributed by atoms with Crippen molar-refractivity contribution in [1.29, 1.82) is 0 Å². The summed E-state index contributed by atoms with van der Waals surface area (Å²) in [5.41, 5.74) is 0. The summed E-state index contributed by atoms with van der Waals surface area (Å²) in [6.45, 7) is 6.97. The van der Waals surface area contributed by atoms with Gasteiger partial charge in [0.2, 0.25) is 17.7 Å². The summed E-state index contributed by atoms with van der Waals surface area (Å²) in [5, 5.41) is 0. The van der Waals surface area contributed by atoms with Crippen LogP contribution in [0.4, 0.5) is 5.95 Å². The van der Waals surface area contributed by atoms with Gasteiger partial charge in [0.05, 0.1) is 12.6 Å². The van der Waals surface area contributed by atoms with Gasteiger partial charge < -0.3 is 14.5 Å². The van der Waals surface area contributed by atoms with Crippen molar-refractivity contribution in [2.75, 3.05) is 51.3 Å². The Balaban J connectivity index is 1.64. The van der Waals surface area contributed by atoms with Crippen LogP contribution in [-0.4, -0.2) is 78.1 Å². The molecule has 0 N–H and O–H groups in total. The zero-order chi connectivity index (χ0) is 16.2. The molecule has 1 aromatic rings. The summed E-state index contributed by atoms with van der Waals surface area (Å²) in [4.78, 5) is 27.4. The van der Waals surface area contributed by atoms with E-state index in [2.05, 4.69) is 19.8 Å². The zero-order valence-electron chi connectivity index (χ0n) is 13.9. The topological polar surface area (TPSA) is 61.8 Å². The van der Waals surface area contributed by atoms with Crippen molar-refractivity contribution in [2.24, 2.45) is 0 Å². The van der Waals surface area contributed by atoms with E-state index < -0.39 is 0 Å². The normalized spacial score (nSPS) is 23.2. The predicted octanol–water partition coefficient (Wildman–Crippen LogP) is 0.618. The number of nitrogens with zero attached hydrogens (tertiary/aromatic N) is 5. The number of hydrogen-bond donors (Lipinski definition) is 0. The van der Waals surface area contributed by atoms with Crippen LogP contribution in [0.2, 0.25) is 0 Å². The van der Waals surface area contributed by atoms with Gasteiger partial charge in [0.15, 0.2) is 0 Å². The van der Waals surface area contributed by atoms with Crippen LogP contribution in [0.15, 0.2) is 12.3 Å². The minimum absolute atomic E-state index is 0.0515. The van der Waals surface area contributed by atoms with Crippen molar-refractivity contribution in [2.45, 2.75) is 25.8 Å². The summed E-state index contributed by atoms with van der Waals surface area (Å²) >= 11 is 0. The Labute approximate surface area is 137 Å². The average Bonchev–Trinajstić information content (AvgIpc) is 2.78. The van der Waals surface area contributed by atoms with Gasteiger partial charge in [0.25, 0.3) is 0 Å². The molecule has 1 aromatic heterocycles. The molecule has 0 aromatic carbocycles. The Bertz CT molecular complexity index is 553. The molecule has 2 saturated heterocycles. The number of amides is 1. The Morgan fingerprint density at radius 3 is 2.87 bits per heavy atom. The maximum Gasteiger partial charge on any atom is 0.239 e. The third kappa shape index (κ3) is 3.55. The van der Waals surface area contributed by atoms with E-state index in [9.17, 15) is 4.79 Å². The molecule has 0 bridgehead atoms. The highest BCUT2D eigenvalue weighted by Crippen LogP contribution is 2.20. The number of carbonyl (C=O) groups excluding carboxylic acids is 1. The van der Waals surface area contributed by atoms with Crippen LogP contribution in [0.25, 0.3) is 0 Å². The molecule has 7 nitrogen and oxygen atoms in total. The second-order valence-corrected chi connectivity index (χ2v) is 6.07. The number of likely N-dealkylation sites (N-methyl/N-ethyl adjacent to an activating group) is 1. The number of aromatic nitrogens is 2. The summed E-state index contributed by atoms with van der Waals surface area (Å²) in [7, 11) is 1.89. The molecule has 0 spiro atoms. The van der Waals surface area contributed by atoms with E-state index in [1.807, 2.05) is 18.9 Å². The smallest absolute Gasteiger partial charge is 0.239 e. The fraction of sp³-hybridized carbons (Fsp3) is 0.688. The quantitative estimate of drug-likeness (QED) is 0.811. The van der Waals surface area contributed by atoms with E-state index in [1.165, 1.54) is 0 Å². The molecule has 7 heteroatoms. The van der Waals surface area contributed by atoms with Gasteiger partial charge in [-0.3, -0.25) is 9.69 Å². The van der Waals surface area contributed by atoms with Gasteiger partial charge in [-0.15, -0.1) is 0 Å². The summed E-state index contributed by atoms with van der Waals surface area (Å²) < 4.78 is 5.46. The van der Waals surface area contributed by atoms with E-state index in [-0.39, 0.29) is 11.9 Å². The third-order valence-electron chi connectivity index (χ3n) is 4.56. The molecule has 2 aliphatic rings. The highest BCUT2D eigenvalue weighted by molar-refractivity contribution is 5.83. The lowest BCUT2D eigenvalue weighted by molar-refractivity contribution is -0.131. The van der Waals surface area contributed by atoms with E-state index >= 15 is 0 Å². The van der Waals surface area contributed by atoms with Crippen molar-refractivity contribution in [1.82, 2.24) is 19.8 Å². The van der Waals surface area contributed by atoms with E-state index in [0.29, 0.717) is 18.4 Å². The summed E-state index contributed by atoms with van der Waals surface area (Å²) in [5.74, 6) is 1.59. The molecule has 3 heterocycles. The molecule has 0 radical (unpaired) electrons. The van der Waals surface area contributed by atoms with Gasteiger partial charge in [-0.1, -0.05) is 0 Å². The maximum absolute atomic E-state index is 12.2. The van der Waals surface area contributed by atoms with Crippen molar-refractivity contribution in [3.8, 4) is 5.88 Å². The van der Waals surface area contributed by atoms with Crippen LogP contribution in [0.1, 0.15) is 19.8 Å². The number of rotatable bonds is 4. The van der Waals surface area contributed by atoms with E-state index in [0.717, 1.165) is 45.6 Å². The number of likely N-dealkylation sites (tertiary alicyclic amines) is 1. The first kappa shape index (κ1) is 16.0. The number of carbonyl (C=O) groups is 1. The molecular weight excluding hydrogens is 294 g/mol. The minimum Gasteiger partial charge on any atom is -0.478 e. The fourth-order valence-corrected chi connectivity index (χ4v) is 3.30. The Morgan fingerprint density at radius 1 is 1.26 bits per heavy atom. The standard InChI is InChI=1S/C16H25N5O2/c1-3-23-14-5-7-17-16(18-14)21-9-4-8-20(11-12-21)13-6-10-19(2)15(13)22/h5,7,13H,3-4,6,8-12H2,1-2H3/t13-/m0/s1. The Morgan fingerprint density at radius 2 is 2.13 bits per heavy atom. The van der Waals surface area contributed by atoms with Crippen molar-refractivity contribution < 1.29 is 9.53 Å². The average molecular weight is 319 g/mol. The lowest BCUT2D eigenvalue weighted by Gasteiger charge is -2.26. The molecule has 0 aliphatic carbocycles. The minimum atomic E-state index is 0.0515. The molecule has 3 rings (SSSR count). The second-order valence-electron chi connectivity index (χ2n) is 6.07. The molecule has 0 unspecified atom stereocenters. The molecule has 0 saturated carbocycles. The van der Waals surface area contributed by atoms with Crippen LogP contribution in [0.5, 0.6) is 5.88 Å². The molecule has 1 amide bonds. The first-order chi connectivity index (χ1) is 11.2. The van der Waals surface area contributed by atoms with Crippen LogP contribution < -0.4 is 9.64 Å². The van der Waals surface area contributed by atoms with Crippen molar-refractivity contribution in [3.05, 3.63) is 12.3 Å². The van der Waals surface area contributed by atoms with Gasteiger partial charge in [-0.2, -0.15) is 4.98 Å². The van der Waals surface area contributed by atoms with Crippen molar-refractivity contribution >= 4 is 11.9 Å². The van der Waals surface area contributed by atoms with Gasteiger partial charge >= 0.3 is 0 Å². The highest BCUT2D eigenvalue weighted by atomic mass is 16.5. The molecule has 126 valence electrons. The van der Waals surface area contributed by atoms with E-state index in [1.54, 1.807) is 12.3 Å². The monoisotopic (exact) mass is 319 g/mol. The Kier molecular flexibility index (Phi) is 4.95. The first-order valence-electron chi connectivity index (χ1n) is 8.39.